The fourth-order valence-electron chi connectivity index (χ4n) is 1.98. The highest BCUT2D eigenvalue weighted by molar-refractivity contribution is 6.31. The molecule has 0 atom stereocenters. The molecule has 0 radical (unpaired) electrons. The molecule has 0 saturated carbocycles. The molecule has 112 valence electrons. The first-order chi connectivity index (χ1) is 10.1. The summed E-state index contributed by atoms with van der Waals surface area (Å²) in [6.45, 7) is 5.04. The van der Waals surface area contributed by atoms with Crippen molar-refractivity contribution in [2.45, 2.75) is 33.1 Å². The lowest BCUT2D eigenvalue weighted by Crippen LogP contribution is -2.06. The third kappa shape index (κ3) is 4.14. The van der Waals surface area contributed by atoms with Gasteiger partial charge in [0.1, 0.15) is 17.5 Å². The molecule has 0 aliphatic carbocycles. The van der Waals surface area contributed by atoms with Crippen molar-refractivity contribution in [1.29, 1.82) is 0 Å². The summed E-state index contributed by atoms with van der Waals surface area (Å²) >= 11 is 5.85. The maximum absolute atomic E-state index is 13.3. The molecule has 5 heteroatoms. The summed E-state index contributed by atoms with van der Waals surface area (Å²) in [7, 11) is 0. The summed E-state index contributed by atoms with van der Waals surface area (Å²) in [4.78, 5) is 9.04. The summed E-state index contributed by atoms with van der Waals surface area (Å²) in [6.07, 6.45) is 2.80. The Balaban J connectivity index is 2.40. The SMILES string of the molecule is CCCNc1cc(-c2ccc(F)c(Cl)c2)nc(CCC)n1. The molecule has 1 aromatic heterocycles. The van der Waals surface area contributed by atoms with E-state index >= 15 is 0 Å². The van der Waals surface area contributed by atoms with Crippen LogP contribution in [0.1, 0.15) is 32.5 Å². The van der Waals surface area contributed by atoms with E-state index in [1.165, 1.54) is 6.07 Å². The summed E-state index contributed by atoms with van der Waals surface area (Å²) < 4.78 is 13.3. The van der Waals surface area contributed by atoms with Gasteiger partial charge in [-0.25, -0.2) is 14.4 Å². The van der Waals surface area contributed by atoms with Gasteiger partial charge in [-0.2, -0.15) is 0 Å². The van der Waals surface area contributed by atoms with Crippen LogP contribution < -0.4 is 5.32 Å². The minimum absolute atomic E-state index is 0.103. The van der Waals surface area contributed by atoms with Crippen LogP contribution in [0.4, 0.5) is 10.2 Å². The largest absolute Gasteiger partial charge is 0.370 e. The molecule has 0 aliphatic rings. The first-order valence-corrected chi connectivity index (χ1v) is 7.59. The van der Waals surface area contributed by atoms with Crippen LogP contribution in [0.25, 0.3) is 11.3 Å². The average Bonchev–Trinajstić information content (AvgIpc) is 2.48. The van der Waals surface area contributed by atoms with Crippen LogP contribution in [-0.2, 0) is 6.42 Å². The van der Waals surface area contributed by atoms with Crippen molar-refractivity contribution in [2.75, 3.05) is 11.9 Å². The third-order valence-electron chi connectivity index (χ3n) is 3.02. The molecule has 0 bridgehead atoms. The topological polar surface area (TPSA) is 37.8 Å². The molecule has 0 aliphatic heterocycles. The van der Waals surface area contributed by atoms with Gasteiger partial charge in [0.25, 0.3) is 0 Å². The molecule has 1 heterocycles. The minimum Gasteiger partial charge on any atom is -0.370 e. The van der Waals surface area contributed by atoms with Gasteiger partial charge in [0.05, 0.1) is 10.7 Å². The van der Waals surface area contributed by atoms with Gasteiger partial charge in [-0.1, -0.05) is 25.4 Å². The maximum atomic E-state index is 13.3. The van der Waals surface area contributed by atoms with Crippen molar-refractivity contribution in [3.05, 3.63) is 40.9 Å². The molecular formula is C16H19ClFN3. The van der Waals surface area contributed by atoms with Gasteiger partial charge in [0, 0.05) is 24.6 Å². The van der Waals surface area contributed by atoms with Gasteiger partial charge in [-0.3, -0.25) is 0 Å². The number of aromatic nitrogens is 2. The number of rotatable bonds is 6. The number of halogens is 2. The summed E-state index contributed by atoms with van der Waals surface area (Å²) in [5.41, 5.74) is 1.55. The second-order valence-corrected chi connectivity index (χ2v) is 5.27. The van der Waals surface area contributed by atoms with E-state index in [1.807, 2.05) is 6.07 Å². The maximum Gasteiger partial charge on any atom is 0.141 e. The molecule has 3 nitrogen and oxygen atoms in total. The Morgan fingerprint density at radius 3 is 2.62 bits per heavy atom. The second-order valence-electron chi connectivity index (χ2n) is 4.86. The van der Waals surface area contributed by atoms with E-state index in [-0.39, 0.29) is 5.02 Å². The lowest BCUT2D eigenvalue weighted by molar-refractivity contribution is 0.628. The quantitative estimate of drug-likeness (QED) is 0.839. The zero-order valence-electron chi connectivity index (χ0n) is 12.3. The Hall–Kier alpha value is -1.68. The molecule has 2 aromatic rings. The third-order valence-corrected chi connectivity index (χ3v) is 3.31. The number of anilines is 1. The van der Waals surface area contributed by atoms with Gasteiger partial charge < -0.3 is 5.32 Å². The summed E-state index contributed by atoms with van der Waals surface area (Å²) in [6, 6.07) is 6.51. The van der Waals surface area contributed by atoms with Crippen LogP contribution in [0, 0.1) is 5.82 Å². The fourth-order valence-corrected chi connectivity index (χ4v) is 2.16. The van der Waals surface area contributed by atoms with Crippen molar-refractivity contribution in [3.63, 3.8) is 0 Å². The van der Waals surface area contributed by atoms with Gasteiger partial charge in [0.2, 0.25) is 0 Å². The zero-order chi connectivity index (χ0) is 15.2. The summed E-state index contributed by atoms with van der Waals surface area (Å²) in [5, 5.41) is 3.37. The Morgan fingerprint density at radius 2 is 1.95 bits per heavy atom. The number of nitrogens with one attached hydrogen (secondary N) is 1. The normalized spacial score (nSPS) is 10.7. The molecule has 2 rings (SSSR count). The Kier molecular flexibility index (Phi) is 5.51. The zero-order valence-corrected chi connectivity index (χ0v) is 13.0. The van der Waals surface area contributed by atoms with Crippen LogP contribution in [0.2, 0.25) is 5.02 Å². The predicted molar refractivity (Wildman–Crippen MR) is 85.2 cm³/mol. The molecule has 0 unspecified atom stereocenters. The first-order valence-electron chi connectivity index (χ1n) is 7.21. The van der Waals surface area contributed by atoms with Gasteiger partial charge >= 0.3 is 0 Å². The molecule has 1 aromatic carbocycles. The number of hydrogen-bond donors (Lipinski definition) is 1. The van der Waals surface area contributed by atoms with Crippen LogP contribution in [-0.4, -0.2) is 16.5 Å². The van der Waals surface area contributed by atoms with Crippen molar-refractivity contribution in [2.24, 2.45) is 0 Å². The van der Waals surface area contributed by atoms with Crippen molar-refractivity contribution in [3.8, 4) is 11.3 Å². The van der Waals surface area contributed by atoms with E-state index in [0.717, 1.165) is 48.7 Å². The van der Waals surface area contributed by atoms with Gasteiger partial charge in [-0.05, 0) is 31.0 Å². The fraction of sp³-hybridized carbons (Fsp3) is 0.375. The molecule has 0 amide bonds. The molecule has 0 fully saturated rings. The van der Waals surface area contributed by atoms with E-state index in [1.54, 1.807) is 12.1 Å². The predicted octanol–water partition coefficient (Wildman–Crippen LogP) is 4.71. The Labute approximate surface area is 129 Å². The Morgan fingerprint density at radius 1 is 1.14 bits per heavy atom. The van der Waals surface area contributed by atoms with Crippen LogP contribution in [0.15, 0.2) is 24.3 Å². The van der Waals surface area contributed by atoms with E-state index < -0.39 is 5.82 Å². The smallest absolute Gasteiger partial charge is 0.141 e. The van der Waals surface area contributed by atoms with Crippen LogP contribution in [0.3, 0.4) is 0 Å². The molecule has 0 spiro atoms. The lowest BCUT2D eigenvalue weighted by Gasteiger charge is -2.10. The number of hydrogen-bond acceptors (Lipinski definition) is 3. The monoisotopic (exact) mass is 307 g/mol. The number of benzene rings is 1. The standard InChI is InChI=1S/C16H19ClFN3/c1-3-5-15-20-14(10-16(21-15)19-8-4-2)11-6-7-13(18)12(17)9-11/h6-7,9-10H,3-5,8H2,1-2H3,(H,19,20,21). The highest BCUT2D eigenvalue weighted by Crippen LogP contribution is 2.25. The van der Waals surface area contributed by atoms with Gasteiger partial charge in [-0.15, -0.1) is 0 Å². The average molecular weight is 308 g/mol. The van der Waals surface area contributed by atoms with Gasteiger partial charge in [0.15, 0.2) is 0 Å². The van der Waals surface area contributed by atoms with Crippen LogP contribution in [0.5, 0.6) is 0 Å². The Bertz CT molecular complexity index is 616. The van der Waals surface area contributed by atoms with Crippen LogP contribution >= 0.6 is 11.6 Å². The minimum atomic E-state index is -0.424. The number of aryl methyl sites for hydroxylation is 1. The highest BCUT2D eigenvalue weighted by Gasteiger charge is 2.08. The molecule has 21 heavy (non-hydrogen) atoms. The molecule has 1 N–H and O–H groups in total. The lowest BCUT2D eigenvalue weighted by atomic mass is 10.1. The number of nitrogens with zero attached hydrogens (tertiary/aromatic N) is 2. The molecular weight excluding hydrogens is 289 g/mol. The van der Waals surface area contributed by atoms with Crippen molar-refractivity contribution < 1.29 is 4.39 Å². The second kappa shape index (κ2) is 7.36. The molecule has 0 saturated heterocycles. The van der Waals surface area contributed by atoms with E-state index in [2.05, 4.69) is 29.1 Å². The van der Waals surface area contributed by atoms with Crippen molar-refractivity contribution >= 4 is 17.4 Å². The van der Waals surface area contributed by atoms with E-state index in [9.17, 15) is 4.39 Å². The van der Waals surface area contributed by atoms with Crippen molar-refractivity contribution in [1.82, 2.24) is 9.97 Å². The highest BCUT2D eigenvalue weighted by atomic mass is 35.5. The van der Waals surface area contributed by atoms with E-state index in [0.29, 0.717) is 0 Å². The summed E-state index contributed by atoms with van der Waals surface area (Å²) in [5.74, 6) is 1.16. The first kappa shape index (κ1) is 15.7. The van der Waals surface area contributed by atoms with E-state index in [4.69, 9.17) is 11.6 Å².